The Labute approximate surface area is 341 Å². The van der Waals surface area contributed by atoms with Crippen molar-refractivity contribution in [2.24, 2.45) is 0 Å². The predicted octanol–water partition coefficient (Wildman–Crippen LogP) is 14.9. The Bertz CT molecular complexity index is 2700. The van der Waals surface area contributed by atoms with Gasteiger partial charge in [0.05, 0.1) is 33.4 Å². The van der Waals surface area contributed by atoms with E-state index >= 15 is 8.78 Å². The average molecular weight is 770 g/mol. The Hall–Kier alpha value is -5.73. The highest BCUT2D eigenvalue weighted by molar-refractivity contribution is 6.12. The maximum atomic E-state index is 16.1. The van der Waals surface area contributed by atoms with Crippen molar-refractivity contribution in [3.05, 3.63) is 143 Å². The van der Waals surface area contributed by atoms with Crippen molar-refractivity contribution >= 4 is 43.6 Å². The molecule has 0 N–H and O–H groups in total. The van der Waals surface area contributed by atoms with Crippen molar-refractivity contribution in [2.45, 2.75) is 105 Å². The van der Waals surface area contributed by atoms with Gasteiger partial charge in [0.15, 0.2) is 0 Å². The molecule has 8 rings (SSSR count). The van der Waals surface area contributed by atoms with Gasteiger partial charge in [0.1, 0.15) is 23.3 Å². The molecular weight excluding hydrogens is 717 g/mol. The summed E-state index contributed by atoms with van der Waals surface area (Å²) < 4.78 is 35.6. The SMILES string of the molecule is CC(C)(C)c1ccc2c3ccc(C(C)(C)C)cc3n(-c3cc(-c4cc(F)ccc4F)cc(-n4c5cc(C(C)(C)C)ccc5c5ccc(C(C)(C)C)cc54)c3C#N)c2c1. The van der Waals surface area contributed by atoms with Gasteiger partial charge in [-0.25, -0.2) is 8.78 Å². The second-order valence-corrected chi connectivity index (χ2v) is 20.2. The molecular formula is C53H53F2N3. The lowest BCUT2D eigenvalue weighted by Gasteiger charge is -2.23. The van der Waals surface area contributed by atoms with Crippen LogP contribution in [0.4, 0.5) is 8.78 Å². The minimum atomic E-state index is -0.539. The zero-order chi connectivity index (χ0) is 41.9. The molecule has 0 saturated carbocycles. The van der Waals surface area contributed by atoms with Crippen molar-refractivity contribution < 1.29 is 8.78 Å². The van der Waals surface area contributed by atoms with Gasteiger partial charge >= 0.3 is 0 Å². The molecule has 0 atom stereocenters. The van der Waals surface area contributed by atoms with E-state index < -0.39 is 11.6 Å². The molecule has 0 aliphatic heterocycles. The zero-order valence-corrected chi connectivity index (χ0v) is 35.9. The van der Waals surface area contributed by atoms with Crippen LogP contribution in [0, 0.1) is 23.0 Å². The van der Waals surface area contributed by atoms with Crippen molar-refractivity contribution in [3.63, 3.8) is 0 Å². The third-order valence-electron chi connectivity index (χ3n) is 11.9. The molecule has 0 saturated heterocycles. The number of hydrogen-bond acceptors (Lipinski definition) is 1. The Morgan fingerprint density at radius 3 is 1.05 bits per heavy atom. The van der Waals surface area contributed by atoms with Gasteiger partial charge in [-0.2, -0.15) is 5.26 Å². The Morgan fingerprint density at radius 2 is 0.759 bits per heavy atom. The number of nitriles is 1. The molecule has 294 valence electrons. The summed E-state index contributed by atoms with van der Waals surface area (Å²) in [6.45, 7) is 26.4. The van der Waals surface area contributed by atoms with E-state index in [1.165, 1.54) is 12.1 Å². The number of benzene rings is 6. The summed E-state index contributed by atoms with van der Waals surface area (Å²) in [7, 11) is 0. The van der Waals surface area contributed by atoms with Gasteiger partial charge in [0.25, 0.3) is 0 Å². The third kappa shape index (κ3) is 6.48. The summed E-state index contributed by atoms with van der Waals surface area (Å²) in [5, 5.41) is 15.8. The fraction of sp³-hybridized carbons (Fsp3) is 0.302. The molecule has 3 nitrogen and oxygen atoms in total. The second-order valence-electron chi connectivity index (χ2n) is 20.2. The van der Waals surface area contributed by atoms with E-state index in [1.807, 2.05) is 12.1 Å². The molecule has 8 aromatic rings. The molecule has 2 heterocycles. The number of rotatable bonds is 3. The minimum Gasteiger partial charge on any atom is -0.308 e. The van der Waals surface area contributed by atoms with Crippen molar-refractivity contribution in [1.29, 1.82) is 5.26 Å². The summed E-state index contributed by atoms with van der Waals surface area (Å²) in [4.78, 5) is 0. The van der Waals surface area contributed by atoms with E-state index in [0.717, 1.165) is 71.9 Å². The number of hydrogen-bond donors (Lipinski definition) is 0. The van der Waals surface area contributed by atoms with Gasteiger partial charge in [0.2, 0.25) is 0 Å². The third-order valence-corrected chi connectivity index (χ3v) is 11.9. The Morgan fingerprint density at radius 1 is 0.431 bits per heavy atom. The summed E-state index contributed by atoms with van der Waals surface area (Å²) in [6.07, 6.45) is 0. The highest BCUT2D eigenvalue weighted by Gasteiger charge is 2.27. The quantitative estimate of drug-likeness (QED) is 0.176. The molecule has 0 aliphatic carbocycles. The van der Waals surface area contributed by atoms with Crippen LogP contribution >= 0.6 is 0 Å². The first-order chi connectivity index (χ1) is 27.1. The molecule has 0 radical (unpaired) electrons. The highest BCUT2D eigenvalue weighted by atomic mass is 19.1. The second kappa shape index (κ2) is 13.1. The number of fused-ring (bicyclic) bond motifs is 6. The summed E-state index contributed by atoms with van der Waals surface area (Å²) in [5.41, 5.74) is 10.0. The average Bonchev–Trinajstić information content (AvgIpc) is 3.65. The lowest BCUT2D eigenvalue weighted by atomic mass is 9.86. The van der Waals surface area contributed by atoms with Crippen LogP contribution in [0.15, 0.2) is 103 Å². The number of nitrogens with zero attached hydrogens (tertiary/aromatic N) is 3. The van der Waals surface area contributed by atoms with E-state index in [1.54, 1.807) is 0 Å². The molecule has 0 amide bonds. The molecule has 2 aromatic heterocycles. The molecule has 0 spiro atoms. The van der Waals surface area contributed by atoms with Gasteiger partial charge in [-0.05, 0) is 104 Å². The lowest BCUT2D eigenvalue weighted by molar-refractivity contribution is 0.590. The fourth-order valence-corrected chi connectivity index (χ4v) is 8.38. The van der Waals surface area contributed by atoms with Crippen molar-refractivity contribution in [3.8, 4) is 28.6 Å². The van der Waals surface area contributed by atoms with Crippen LogP contribution in [0.3, 0.4) is 0 Å². The van der Waals surface area contributed by atoms with Crippen LogP contribution in [0.5, 0.6) is 0 Å². The first kappa shape index (κ1) is 39.1. The number of halogens is 2. The van der Waals surface area contributed by atoms with Crippen molar-refractivity contribution in [1.82, 2.24) is 9.13 Å². The fourth-order valence-electron chi connectivity index (χ4n) is 8.38. The van der Waals surface area contributed by atoms with Crippen LogP contribution in [-0.2, 0) is 21.7 Å². The maximum absolute atomic E-state index is 16.1. The Balaban J connectivity index is 1.62. The van der Waals surface area contributed by atoms with E-state index in [-0.39, 0.29) is 27.2 Å². The van der Waals surface area contributed by atoms with Crippen LogP contribution < -0.4 is 0 Å². The summed E-state index contributed by atoms with van der Waals surface area (Å²) >= 11 is 0. The molecule has 6 aromatic carbocycles. The van der Waals surface area contributed by atoms with E-state index in [9.17, 15) is 5.26 Å². The van der Waals surface area contributed by atoms with Crippen LogP contribution in [0.2, 0.25) is 0 Å². The highest BCUT2D eigenvalue weighted by Crippen LogP contribution is 2.43. The van der Waals surface area contributed by atoms with Crippen LogP contribution in [-0.4, -0.2) is 9.13 Å². The maximum Gasteiger partial charge on any atom is 0.131 e. The van der Waals surface area contributed by atoms with Gasteiger partial charge in [-0.15, -0.1) is 0 Å². The standard InChI is InChI=1S/C53H53F2N3/c1-50(2,3)32-13-18-37-38-19-14-33(51(4,5)6)26-47(38)57(46(37)25-32)44-23-31(41-29-36(54)17-22-43(41)55)24-45(42(44)30-56)58-48-27-34(52(7,8)9)15-20-39(48)40-21-16-35(28-49(40)58)53(10,11)12/h13-29H,1-12H3. The van der Waals surface area contributed by atoms with E-state index in [0.29, 0.717) is 22.5 Å². The number of aromatic nitrogens is 2. The minimum absolute atomic E-state index is 0.130. The smallest absolute Gasteiger partial charge is 0.131 e. The molecule has 0 aliphatic rings. The topological polar surface area (TPSA) is 33.6 Å². The monoisotopic (exact) mass is 769 g/mol. The molecule has 0 unspecified atom stereocenters. The molecule has 58 heavy (non-hydrogen) atoms. The molecule has 0 fully saturated rings. The first-order valence-electron chi connectivity index (χ1n) is 20.3. The van der Waals surface area contributed by atoms with Gasteiger partial charge in [0, 0.05) is 27.1 Å². The summed E-state index contributed by atoms with van der Waals surface area (Å²) in [6, 6.07) is 36.4. The normalized spacial score (nSPS) is 13.0. The largest absolute Gasteiger partial charge is 0.308 e. The lowest BCUT2D eigenvalue weighted by Crippen LogP contribution is -2.12. The van der Waals surface area contributed by atoms with Gasteiger partial charge in [-0.3, -0.25) is 0 Å². The molecule has 5 heteroatoms. The first-order valence-corrected chi connectivity index (χ1v) is 20.3. The van der Waals surface area contributed by atoms with Crippen LogP contribution in [0.25, 0.3) is 66.1 Å². The molecule has 0 bridgehead atoms. The van der Waals surface area contributed by atoms with Gasteiger partial charge < -0.3 is 9.13 Å². The Kier molecular flexibility index (Phi) is 8.87. The van der Waals surface area contributed by atoms with Crippen LogP contribution in [0.1, 0.15) is 111 Å². The van der Waals surface area contributed by atoms with Crippen molar-refractivity contribution in [2.75, 3.05) is 0 Å². The van der Waals surface area contributed by atoms with E-state index in [2.05, 4.69) is 171 Å². The zero-order valence-electron chi connectivity index (χ0n) is 35.9. The summed E-state index contributed by atoms with van der Waals surface area (Å²) in [5.74, 6) is -1.07. The van der Waals surface area contributed by atoms with E-state index in [4.69, 9.17) is 0 Å². The predicted molar refractivity (Wildman–Crippen MR) is 240 cm³/mol. The van der Waals surface area contributed by atoms with Gasteiger partial charge in [-0.1, -0.05) is 132 Å².